The zero-order chi connectivity index (χ0) is 8.69. The van der Waals surface area contributed by atoms with Crippen molar-refractivity contribution in [3.05, 3.63) is 0 Å². The number of nitrogens with two attached hydrogens (primary N) is 1. The molecule has 0 spiro atoms. The summed E-state index contributed by atoms with van der Waals surface area (Å²) < 4.78 is 0. The maximum Gasteiger partial charge on any atom is 0.355 e. The van der Waals surface area contributed by atoms with Gasteiger partial charge in [0.25, 0.3) is 0 Å². The lowest BCUT2D eigenvalue weighted by molar-refractivity contribution is -0.281. The quantitative estimate of drug-likeness (QED) is 0.315. The smallest absolute Gasteiger partial charge is 0.355 e. The van der Waals surface area contributed by atoms with Gasteiger partial charge in [-0.2, -0.15) is 4.89 Å². The van der Waals surface area contributed by atoms with Crippen LogP contribution in [0.15, 0.2) is 0 Å². The van der Waals surface area contributed by atoms with E-state index in [-0.39, 0.29) is 13.2 Å². The third-order valence-corrected chi connectivity index (χ3v) is 0.790. The molecule has 1 unspecified atom stereocenters. The van der Waals surface area contributed by atoms with Crippen LogP contribution in [0.5, 0.6) is 0 Å². The summed E-state index contributed by atoms with van der Waals surface area (Å²) in [6.07, 6.45) is -1.04. The van der Waals surface area contributed by atoms with Gasteiger partial charge in [0.2, 0.25) is 0 Å². The van der Waals surface area contributed by atoms with Crippen molar-refractivity contribution in [1.82, 2.24) is 0 Å². The van der Waals surface area contributed by atoms with E-state index in [9.17, 15) is 4.79 Å². The second kappa shape index (κ2) is 6.05. The van der Waals surface area contributed by atoms with Crippen LogP contribution in [0.2, 0.25) is 0 Å². The number of hydrogen-bond donors (Lipinski definition) is 3. The molecule has 0 bridgehead atoms. The first kappa shape index (κ1) is 10.3. The van der Waals surface area contributed by atoms with Gasteiger partial charge in [-0.3, -0.25) is 4.89 Å². The predicted molar refractivity (Wildman–Crippen MR) is 34.2 cm³/mol. The molecule has 6 heteroatoms. The molecule has 0 radical (unpaired) electrons. The topological polar surface area (TPSA) is 102 Å². The van der Waals surface area contributed by atoms with Crippen molar-refractivity contribution in [1.29, 1.82) is 0 Å². The van der Waals surface area contributed by atoms with Crippen LogP contribution in [0.1, 0.15) is 0 Å². The Hall–Kier alpha value is -0.690. The number of aliphatic hydroxyl groups excluding tert-OH is 2. The lowest BCUT2D eigenvalue weighted by atomic mass is 10.4. The molecule has 66 valence electrons. The monoisotopic (exact) mass is 165 g/mol. The minimum atomic E-state index is -1.04. The number of carbonyl (C=O) groups is 1. The fourth-order valence-corrected chi connectivity index (χ4v) is 0.265. The van der Waals surface area contributed by atoms with E-state index in [1.807, 2.05) is 0 Å². The summed E-state index contributed by atoms with van der Waals surface area (Å²) in [6, 6.07) is 0. The van der Waals surface area contributed by atoms with Gasteiger partial charge in [0.05, 0.1) is 13.2 Å². The van der Waals surface area contributed by atoms with Crippen molar-refractivity contribution in [2.45, 2.75) is 6.10 Å². The summed E-state index contributed by atoms with van der Waals surface area (Å²) in [5, 5.41) is 16.9. The third kappa shape index (κ3) is 5.74. The normalized spacial score (nSPS) is 12.6. The number of hydrogen-bond acceptors (Lipinski definition) is 6. The molecule has 0 aliphatic carbocycles. The Labute approximate surface area is 63.4 Å². The molecule has 0 heterocycles. The fourth-order valence-electron chi connectivity index (χ4n) is 0.265. The minimum Gasteiger partial charge on any atom is -0.394 e. The summed E-state index contributed by atoms with van der Waals surface area (Å²) in [5.41, 5.74) is 4.85. The van der Waals surface area contributed by atoms with E-state index in [1.165, 1.54) is 0 Å². The molecule has 0 aliphatic rings. The van der Waals surface area contributed by atoms with E-state index in [0.29, 0.717) is 0 Å². The molecule has 0 aliphatic heterocycles. The highest BCUT2D eigenvalue weighted by atomic mass is 17.2. The Kier molecular flexibility index (Phi) is 5.67. The van der Waals surface area contributed by atoms with Crippen LogP contribution in [-0.2, 0) is 14.6 Å². The summed E-state index contributed by atoms with van der Waals surface area (Å²) in [6.45, 7) is -0.988. The molecule has 1 atom stereocenters. The number of carbonyl (C=O) groups excluding carboxylic acids is 1. The molecule has 0 rings (SSSR count). The predicted octanol–water partition coefficient (Wildman–Crippen LogP) is -2.23. The molecular formula is C5H11NO5. The molecule has 0 aromatic rings. The van der Waals surface area contributed by atoms with E-state index < -0.39 is 18.7 Å². The molecule has 0 saturated heterocycles. The highest BCUT2D eigenvalue weighted by Crippen LogP contribution is 1.85. The maximum atomic E-state index is 10.3. The first-order valence-corrected chi connectivity index (χ1v) is 3.02. The van der Waals surface area contributed by atoms with E-state index in [4.69, 9.17) is 15.9 Å². The van der Waals surface area contributed by atoms with Gasteiger partial charge in [-0.1, -0.05) is 0 Å². The first-order chi connectivity index (χ1) is 5.20. The summed E-state index contributed by atoms with van der Waals surface area (Å²) in [7, 11) is 0. The summed E-state index contributed by atoms with van der Waals surface area (Å²) in [5.74, 6) is -0.727. The molecule has 4 N–H and O–H groups in total. The Morgan fingerprint density at radius 2 is 2.27 bits per heavy atom. The lowest BCUT2D eigenvalue weighted by Crippen LogP contribution is -2.23. The van der Waals surface area contributed by atoms with Crippen LogP contribution < -0.4 is 5.73 Å². The van der Waals surface area contributed by atoms with E-state index in [2.05, 4.69) is 9.78 Å². The second-order valence-electron chi connectivity index (χ2n) is 1.78. The largest absolute Gasteiger partial charge is 0.394 e. The standard InChI is InChI=1S/C5H11NO5/c6-1-5(9)11-10-3-4(8)2-7/h4,7-8H,1-3,6H2. The summed E-state index contributed by atoms with van der Waals surface area (Å²) >= 11 is 0. The molecule has 0 aromatic heterocycles. The fraction of sp³-hybridized carbons (Fsp3) is 0.800. The van der Waals surface area contributed by atoms with Crippen LogP contribution in [0.4, 0.5) is 0 Å². The van der Waals surface area contributed by atoms with Crippen molar-refractivity contribution >= 4 is 5.97 Å². The highest BCUT2D eigenvalue weighted by Gasteiger charge is 2.04. The zero-order valence-electron chi connectivity index (χ0n) is 5.90. The number of rotatable bonds is 5. The van der Waals surface area contributed by atoms with E-state index in [0.717, 1.165) is 0 Å². The Morgan fingerprint density at radius 1 is 1.64 bits per heavy atom. The Morgan fingerprint density at radius 3 is 2.73 bits per heavy atom. The zero-order valence-corrected chi connectivity index (χ0v) is 5.90. The van der Waals surface area contributed by atoms with Gasteiger partial charge in [0.15, 0.2) is 0 Å². The van der Waals surface area contributed by atoms with Crippen LogP contribution in [0.25, 0.3) is 0 Å². The molecule has 6 nitrogen and oxygen atoms in total. The highest BCUT2D eigenvalue weighted by molar-refractivity contribution is 5.70. The average Bonchev–Trinajstić information content (AvgIpc) is 2.04. The van der Waals surface area contributed by atoms with Crippen LogP contribution in [-0.4, -0.2) is 42.0 Å². The van der Waals surface area contributed by atoms with Crippen molar-refractivity contribution < 1.29 is 24.8 Å². The number of aliphatic hydroxyl groups is 2. The van der Waals surface area contributed by atoms with E-state index >= 15 is 0 Å². The Bertz CT molecular complexity index is 117. The average molecular weight is 165 g/mol. The molecule has 11 heavy (non-hydrogen) atoms. The third-order valence-electron chi connectivity index (χ3n) is 0.790. The molecule has 0 aromatic carbocycles. The molecule has 0 fully saturated rings. The van der Waals surface area contributed by atoms with Gasteiger partial charge >= 0.3 is 5.97 Å². The van der Waals surface area contributed by atoms with Gasteiger partial charge in [-0.25, -0.2) is 4.79 Å². The summed E-state index contributed by atoms with van der Waals surface area (Å²) in [4.78, 5) is 18.5. The van der Waals surface area contributed by atoms with Crippen molar-refractivity contribution in [3.63, 3.8) is 0 Å². The maximum absolute atomic E-state index is 10.3. The van der Waals surface area contributed by atoms with Crippen LogP contribution in [0, 0.1) is 0 Å². The molecular weight excluding hydrogens is 154 g/mol. The van der Waals surface area contributed by atoms with Crippen LogP contribution >= 0.6 is 0 Å². The van der Waals surface area contributed by atoms with Crippen LogP contribution in [0.3, 0.4) is 0 Å². The second-order valence-corrected chi connectivity index (χ2v) is 1.78. The SMILES string of the molecule is NCC(=O)OOCC(O)CO. The molecule has 0 saturated carbocycles. The first-order valence-electron chi connectivity index (χ1n) is 3.02. The van der Waals surface area contributed by atoms with Gasteiger partial charge < -0.3 is 15.9 Å². The van der Waals surface area contributed by atoms with Gasteiger partial charge in [-0.05, 0) is 0 Å². The lowest BCUT2D eigenvalue weighted by Gasteiger charge is -2.05. The van der Waals surface area contributed by atoms with Gasteiger partial charge in [0.1, 0.15) is 12.7 Å². The van der Waals surface area contributed by atoms with Crippen molar-refractivity contribution in [3.8, 4) is 0 Å². The van der Waals surface area contributed by atoms with Crippen molar-refractivity contribution in [2.75, 3.05) is 19.8 Å². The molecule has 0 amide bonds. The van der Waals surface area contributed by atoms with Crippen molar-refractivity contribution in [2.24, 2.45) is 5.73 Å². The minimum absolute atomic E-state index is 0.262. The Balaban J connectivity index is 3.20. The van der Waals surface area contributed by atoms with E-state index in [1.54, 1.807) is 0 Å². The van der Waals surface area contributed by atoms with Gasteiger partial charge in [-0.15, -0.1) is 0 Å². The van der Waals surface area contributed by atoms with Gasteiger partial charge in [0, 0.05) is 0 Å².